The molecule has 1 N–H and O–H groups in total. The van der Waals surface area contributed by atoms with Gasteiger partial charge in [-0.1, -0.05) is 18.5 Å². The summed E-state index contributed by atoms with van der Waals surface area (Å²) in [6, 6.07) is 3.41. The Morgan fingerprint density at radius 2 is 2.24 bits per heavy atom. The molecule has 0 aromatic carbocycles. The quantitative estimate of drug-likeness (QED) is 0.839. The largest absolute Gasteiger partial charge is 0.401 e. The molecule has 0 saturated heterocycles. The van der Waals surface area contributed by atoms with Crippen molar-refractivity contribution in [3.8, 4) is 0 Å². The summed E-state index contributed by atoms with van der Waals surface area (Å²) in [5, 5.41) is 3.46. The first-order valence-electron chi connectivity index (χ1n) is 4.93. The number of aromatic nitrogens is 1. The van der Waals surface area contributed by atoms with Gasteiger partial charge in [-0.25, -0.2) is 4.98 Å². The van der Waals surface area contributed by atoms with E-state index in [0.29, 0.717) is 10.0 Å². The zero-order valence-electron chi connectivity index (χ0n) is 9.09. The summed E-state index contributed by atoms with van der Waals surface area (Å²) in [5.41, 5.74) is 0. The minimum Gasteiger partial charge on any atom is -0.308 e. The second-order valence-electron chi connectivity index (χ2n) is 3.46. The Hall–Kier alpha value is -0.460. The summed E-state index contributed by atoms with van der Waals surface area (Å²) in [6.07, 6.45) is -2.57. The highest BCUT2D eigenvalue weighted by atomic mass is 35.5. The van der Waals surface area contributed by atoms with E-state index < -0.39 is 12.7 Å². The number of nitrogens with zero attached hydrogens (tertiary/aromatic N) is 1. The van der Waals surface area contributed by atoms with Crippen LogP contribution in [0, 0.1) is 0 Å². The van der Waals surface area contributed by atoms with Gasteiger partial charge < -0.3 is 5.32 Å². The highest BCUT2D eigenvalue weighted by Gasteiger charge is 2.26. The van der Waals surface area contributed by atoms with Gasteiger partial charge in [0.15, 0.2) is 0 Å². The fraction of sp³-hybridized carbons (Fsp3) is 0.500. The number of hydrogen-bond donors (Lipinski definition) is 1. The SMILES string of the molecule is CC(CNCC(F)(F)F)Sc1ncccc1Cl. The standard InChI is InChI=1S/C10H12ClF3N2S/c1-7(5-15-6-10(12,13)14)17-9-8(11)3-2-4-16-9/h2-4,7,15H,5-6H2,1H3. The summed E-state index contributed by atoms with van der Waals surface area (Å²) in [6.45, 7) is 1.09. The van der Waals surface area contributed by atoms with Crippen molar-refractivity contribution in [1.82, 2.24) is 10.3 Å². The van der Waals surface area contributed by atoms with E-state index in [0.717, 1.165) is 0 Å². The van der Waals surface area contributed by atoms with Crippen molar-refractivity contribution >= 4 is 23.4 Å². The van der Waals surface area contributed by atoms with Gasteiger partial charge in [0.25, 0.3) is 0 Å². The molecule has 7 heteroatoms. The molecule has 0 amide bonds. The Bertz CT molecular complexity index is 360. The molecule has 0 radical (unpaired) electrons. The molecule has 0 bridgehead atoms. The first-order valence-corrected chi connectivity index (χ1v) is 6.19. The molecule has 0 aliphatic carbocycles. The van der Waals surface area contributed by atoms with Gasteiger partial charge in [-0.15, -0.1) is 11.8 Å². The maximum Gasteiger partial charge on any atom is 0.401 e. The third kappa shape index (κ3) is 6.14. The fourth-order valence-electron chi connectivity index (χ4n) is 1.11. The lowest BCUT2D eigenvalue weighted by molar-refractivity contribution is -0.124. The fourth-order valence-corrected chi connectivity index (χ4v) is 2.25. The first-order chi connectivity index (χ1) is 7.88. The van der Waals surface area contributed by atoms with Gasteiger partial charge in [0.05, 0.1) is 11.6 Å². The van der Waals surface area contributed by atoms with Crippen LogP contribution in [0.25, 0.3) is 0 Å². The van der Waals surface area contributed by atoms with E-state index in [2.05, 4.69) is 10.3 Å². The van der Waals surface area contributed by atoms with E-state index in [1.807, 2.05) is 6.92 Å². The zero-order chi connectivity index (χ0) is 12.9. The van der Waals surface area contributed by atoms with E-state index in [-0.39, 0.29) is 11.8 Å². The van der Waals surface area contributed by atoms with Gasteiger partial charge in [-0.2, -0.15) is 13.2 Å². The third-order valence-electron chi connectivity index (χ3n) is 1.79. The summed E-state index contributed by atoms with van der Waals surface area (Å²) in [4.78, 5) is 4.06. The van der Waals surface area contributed by atoms with Crippen LogP contribution in [-0.4, -0.2) is 29.5 Å². The van der Waals surface area contributed by atoms with E-state index in [1.165, 1.54) is 11.8 Å². The smallest absolute Gasteiger partial charge is 0.308 e. The Morgan fingerprint density at radius 1 is 1.53 bits per heavy atom. The van der Waals surface area contributed by atoms with Crippen LogP contribution < -0.4 is 5.32 Å². The molecular weight excluding hydrogens is 273 g/mol. The molecule has 1 heterocycles. The Morgan fingerprint density at radius 3 is 2.82 bits per heavy atom. The van der Waals surface area contributed by atoms with Crippen LogP contribution in [0.3, 0.4) is 0 Å². The topological polar surface area (TPSA) is 24.9 Å². The summed E-state index contributed by atoms with van der Waals surface area (Å²) >= 11 is 7.24. The van der Waals surface area contributed by atoms with Crippen molar-refractivity contribution in [1.29, 1.82) is 0 Å². The maximum absolute atomic E-state index is 11.9. The minimum absolute atomic E-state index is 0.0373. The Labute approximate surface area is 107 Å². The van der Waals surface area contributed by atoms with Crippen molar-refractivity contribution < 1.29 is 13.2 Å². The second kappa shape index (κ2) is 6.47. The predicted molar refractivity (Wildman–Crippen MR) is 63.5 cm³/mol. The normalized spacial score (nSPS) is 13.7. The van der Waals surface area contributed by atoms with E-state index in [1.54, 1.807) is 18.3 Å². The summed E-state index contributed by atoms with van der Waals surface area (Å²) in [7, 11) is 0. The van der Waals surface area contributed by atoms with Crippen LogP contribution in [0.15, 0.2) is 23.4 Å². The van der Waals surface area contributed by atoms with Crippen molar-refractivity contribution in [2.45, 2.75) is 23.4 Å². The number of hydrogen-bond acceptors (Lipinski definition) is 3. The molecule has 1 rings (SSSR count). The number of thioether (sulfide) groups is 1. The van der Waals surface area contributed by atoms with E-state index >= 15 is 0 Å². The van der Waals surface area contributed by atoms with Gasteiger partial charge >= 0.3 is 6.18 Å². The average molecular weight is 285 g/mol. The lowest BCUT2D eigenvalue weighted by atomic mass is 10.4. The number of halogens is 4. The lowest BCUT2D eigenvalue weighted by Crippen LogP contribution is -2.32. The maximum atomic E-state index is 11.9. The summed E-state index contributed by atoms with van der Waals surface area (Å²) in [5.74, 6) is 0. The number of rotatable bonds is 5. The van der Waals surface area contributed by atoms with Crippen LogP contribution in [0.5, 0.6) is 0 Å². The van der Waals surface area contributed by atoms with Crippen molar-refractivity contribution in [2.75, 3.05) is 13.1 Å². The zero-order valence-corrected chi connectivity index (χ0v) is 10.7. The summed E-state index contributed by atoms with van der Waals surface area (Å²) < 4.78 is 35.7. The van der Waals surface area contributed by atoms with E-state index in [4.69, 9.17) is 11.6 Å². The third-order valence-corrected chi connectivity index (χ3v) is 3.33. The van der Waals surface area contributed by atoms with E-state index in [9.17, 15) is 13.2 Å². The van der Waals surface area contributed by atoms with Gasteiger partial charge in [0, 0.05) is 18.0 Å². The van der Waals surface area contributed by atoms with Crippen LogP contribution in [0.2, 0.25) is 5.02 Å². The molecular formula is C10H12ClF3N2S. The molecule has 1 unspecified atom stereocenters. The number of alkyl halides is 3. The molecule has 0 spiro atoms. The van der Waals surface area contributed by atoms with Gasteiger partial charge in [0.2, 0.25) is 0 Å². The van der Waals surface area contributed by atoms with Crippen molar-refractivity contribution in [3.05, 3.63) is 23.4 Å². The van der Waals surface area contributed by atoms with Crippen LogP contribution in [-0.2, 0) is 0 Å². The van der Waals surface area contributed by atoms with Crippen molar-refractivity contribution in [2.24, 2.45) is 0 Å². The molecule has 1 aromatic heterocycles. The molecule has 0 aliphatic heterocycles. The molecule has 96 valence electrons. The Balaban J connectivity index is 2.35. The molecule has 0 fully saturated rings. The van der Waals surface area contributed by atoms with Crippen LogP contribution >= 0.6 is 23.4 Å². The number of nitrogens with one attached hydrogen (secondary N) is 1. The Kier molecular flexibility index (Phi) is 5.55. The molecule has 1 aromatic rings. The molecule has 0 saturated carbocycles. The van der Waals surface area contributed by atoms with Crippen molar-refractivity contribution in [3.63, 3.8) is 0 Å². The van der Waals surface area contributed by atoms with Crippen LogP contribution in [0.4, 0.5) is 13.2 Å². The molecule has 2 nitrogen and oxygen atoms in total. The molecule has 0 aliphatic rings. The molecule has 1 atom stereocenters. The predicted octanol–water partition coefficient (Wildman–Crippen LogP) is 3.37. The highest BCUT2D eigenvalue weighted by Crippen LogP contribution is 2.27. The average Bonchev–Trinajstić information content (AvgIpc) is 2.19. The highest BCUT2D eigenvalue weighted by molar-refractivity contribution is 8.00. The van der Waals surface area contributed by atoms with Crippen LogP contribution in [0.1, 0.15) is 6.92 Å². The first kappa shape index (κ1) is 14.6. The minimum atomic E-state index is -4.17. The lowest BCUT2D eigenvalue weighted by Gasteiger charge is -2.13. The molecule has 17 heavy (non-hydrogen) atoms. The van der Waals surface area contributed by atoms with Gasteiger partial charge in [-0.05, 0) is 12.1 Å². The van der Waals surface area contributed by atoms with Gasteiger partial charge in [-0.3, -0.25) is 0 Å². The number of pyridine rings is 1. The van der Waals surface area contributed by atoms with Gasteiger partial charge in [0.1, 0.15) is 5.03 Å². The second-order valence-corrected chi connectivity index (χ2v) is 5.30. The monoisotopic (exact) mass is 284 g/mol.